The molecule has 3 aromatic heterocycles. The Kier molecular flexibility index (Phi) is 6.01. The molecular weight excluding hydrogens is 422 g/mol. The van der Waals surface area contributed by atoms with Gasteiger partial charge in [0, 0.05) is 50.9 Å². The van der Waals surface area contributed by atoms with Crippen LogP contribution in [0.25, 0.3) is 22.6 Å². The molecule has 33 heavy (non-hydrogen) atoms. The minimum absolute atomic E-state index is 0.0156. The number of aryl methyl sites for hydroxylation is 2. The third-order valence-electron chi connectivity index (χ3n) is 6.87. The number of carbonyl (C=O) groups excluding carboxylic acids is 1. The molecule has 1 saturated heterocycles. The molecular formula is C23H31N7O3. The second-order valence-electron chi connectivity index (χ2n) is 8.95. The minimum Gasteiger partial charge on any atom is -0.473 e. The lowest BCUT2D eigenvalue weighted by molar-refractivity contribution is -0.128. The highest BCUT2D eigenvalue weighted by Gasteiger charge is 2.31. The molecule has 2 aliphatic rings. The maximum Gasteiger partial charge on any atom is 0.245 e. The summed E-state index contributed by atoms with van der Waals surface area (Å²) in [5.41, 5.74) is 3.40. The van der Waals surface area contributed by atoms with Gasteiger partial charge in [-0.05, 0) is 39.5 Å². The van der Waals surface area contributed by atoms with E-state index in [4.69, 9.17) is 14.5 Å². The number of hydrogen-bond acceptors (Lipinski definition) is 7. The van der Waals surface area contributed by atoms with E-state index in [0.717, 1.165) is 61.4 Å². The zero-order chi connectivity index (χ0) is 22.9. The van der Waals surface area contributed by atoms with Crippen molar-refractivity contribution >= 4 is 17.1 Å². The van der Waals surface area contributed by atoms with Crippen LogP contribution in [0.1, 0.15) is 44.7 Å². The monoisotopic (exact) mass is 453 g/mol. The number of fused-ring (bicyclic) bond motifs is 1. The van der Waals surface area contributed by atoms with Gasteiger partial charge in [0.2, 0.25) is 11.8 Å². The molecule has 1 amide bonds. The van der Waals surface area contributed by atoms with Crippen LogP contribution < -0.4 is 10.1 Å². The SMILES string of the molecule is CCn1ncc(-c2nc3c(OC4CCC(NC(=O)C5CCOCC5)C4)ncnc3n2C)c1C. The first-order valence-electron chi connectivity index (χ1n) is 11.8. The number of ether oxygens (including phenoxy) is 2. The van der Waals surface area contributed by atoms with Gasteiger partial charge < -0.3 is 19.4 Å². The third kappa shape index (κ3) is 4.19. The summed E-state index contributed by atoms with van der Waals surface area (Å²) < 4.78 is 15.6. The Balaban J connectivity index is 1.30. The van der Waals surface area contributed by atoms with Crippen molar-refractivity contribution in [1.82, 2.24) is 34.6 Å². The van der Waals surface area contributed by atoms with E-state index in [1.165, 1.54) is 6.33 Å². The standard InChI is InChI=1S/C23H31N7O3/c1-4-30-14(2)18(12-26-30)20-28-19-21(29(20)3)24-13-25-23(19)33-17-6-5-16(11-17)27-22(31)15-7-9-32-10-8-15/h12-13,15-17H,4-11H2,1-3H3,(H,27,31). The van der Waals surface area contributed by atoms with Crippen LogP contribution in [-0.2, 0) is 23.1 Å². The van der Waals surface area contributed by atoms with Crippen LogP contribution in [0.15, 0.2) is 12.5 Å². The fourth-order valence-electron chi connectivity index (χ4n) is 4.91. The van der Waals surface area contributed by atoms with Crippen molar-refractivity contribution in [3.63, 3.8) is 0 Å². The fourth-order valence-corrected chi connectivity index (χ4v) is 4.91. The maximum atomic E-state index is 12.6. The van der Waals surface area contributed by atoms with Crippen LogP contribution in [0.5, 0.6) is 5.88 Å². The van der Waals surface area contributed by atoms with Gasteiger partial charge in [0.25, 0.3) is 0 Å². The molecule has 2 fully saturated rings. The predicted octanol–water partition coefficient (Wildman–Crippen LogP) is 2.40. The van der Waals surface area contributed by atoms with E-state index in [9.17, 15) is 4.79 Å². The normalized spacial score (nSPS) is 21.5. The summed E-state index contributed by atoms with van der Waals surface area (Å²) in [6.07, 6.45) is 7.48. The van der Waals surface area contributed by atoms with E-state index >= 15 is 0 Å². The van der Waals surface area contributed by atoms with Crippen molar-refractivity contribution in [3.05, 3.63) is 18.2 Å². The topological polar surface area (TPSA) is 109 Å². The third-order valence-corrected chi connectivity index (χ3v) is 6.87. The molecule has 10 heteroatoms. The Morgan fingerprint density at radius 2 is 2.06 bits per heavy atom. The van der Waals surface area contributed by atoms with Gasteiger partial charge in [-0.15, -0.1) is 0 Å². The first-order valence-corrected chi connectivity index (χ1v) is 11.8. The smallest absolute Gasteiger partial charge is 0.245 e. The first kappa shape index (κ1) is 21.8. The highest BCUT2D eigenvalue weighted by atomic mass is 16.5. The second-order valence-corrected chi connectivity index (χ2v) is 8.95. The predicted molar refractivity (Wildman–Crippen MR) is 122 cm³/mol. The summed E-state index contributed by atoms with van der Waals surface area (Å²) in [7, 11) is 1.95. The number of hydrogen-bond donors (Lipinski definition) is 1. The molecule has 0 aromatic carbocycles. The zero-order valence-corrected chi connectivity index (χ0v) is 19.5. The molecule has 0 bridgehead atoms. The lowest BCUT2D eigenvalue weighted by atomic mass is 9.99. The Hall–Kier alpha value is -3.01. The van der Waals surface area contributed by atoms with Gasteiger partial charge in [-0.1, -0.05) is 0 Å². The molecule has 2 unspecified atom stereocenters. The largest absolute Gasteiger partial charge is 0.473 e. The second kappa shape index (κ2) is 9.09. The molecule has 3 aromatic rings. The summed E-state index contributed by atoms with van der Waals surface area (Å²) in [5, 5.41) is 7.66. The van der Waals surface area contributed by atoms with Crippen LogP contribution in [0.3, 0.4) is 0 Å². The highest BCUT2D eigenvalue weighted by molar-refractivity contribution is 5.81. The van der Waals surface area contributed by atoms with Crippen molar-refractivity contribution in [2.75, 3.05) is 13.2 Å². The molecule has 1 aliphatic carbocycles. The van der Waals surface area contributed by atoms with Crippen molar-refractivity contribution in [2.24, 2.45) is 13.0 Å². The molecule has 1 N–H and O–H groups in total. The average molecular weight is 454 g/mol. The fraction of sp³-hybridized carbons (Fsp3) is 0.609. The summed E-state index contributed by atoms with van der Waals surface area (Å²) >= 11 is 0. The quantitative estimate of drug-likeness (QED) is 0.610. The van der Waals surface area contributed by atoms with Crippen molar-refractivity contribution in [3.8, 4) is 17.3 Å². The number of amides is 1. The van der Waals surface area contributed by atoms with Crippen LogP contribution in [0.4, 0.5) is 0 Å². The highest BCUT2D eigenvalue weighted by Crippen LogP contribution is 2.31. The van der Waals surface area contributed by atoms with E-state index < -0.39 is 0 Å². The van der Waals surface area contributed by atoms with E-state index in [-0.39, 0.29) is 24.0 Å². The van der Waals surface area contributed by atoms with Gasteiger partial charge in [-0.25, -0.2) is 9.97 Å². The molecule has 5 rings (SSSR count). The van der Waals surface area contributed by atoms with E-state index in [1.54, 1.807) is 0 Å². The Morgan fingerprint density at radius 1 is 1.24 bits per heavy atom. The minimum atomic E-state index is -0.0156. The Labute approximate surface area is 192 Å². The van der Waals surface area contributed by atoms with Crippen molar-refractivity contribution in [1.29, 1.82) is 0 Å². The summed E-state index contributed by atoms with van der Waals surface area (Å²) in [5.74, 6) is 1.49. The Bertz CT molecular complexity index is 1150. The van der Waals surface area contributed by atoms with E-state index in [0.29, 0.717) is 24.6 Å². The number of nitrogens with zero attached hydrogens (tertiary/aromatic N) is 6. The number of nitrogens with one attached hydrogen (secondary N) is 1. The first-order chi connectivity index (χ1) is 16.0. The molecule has 1 aliphatic heterocycles. The van der Waals surface area contributed by atoms with Crippen LogP contribution >= 0.6 is 0 Å². The van der Waals surface area contributed by atoms with Crippen LogP contribution in [0.2, 0.25) is 0 Å². The lowest BCUT2D eigenvalue weighted by Crippen LogP contribution is -2.40. The molecule has 4 heterocycles. The molecule has 10 nitrogen and oxygen atoms in total. The molecule has 0 spiro atoms. The molecule has 2 atom stereocenters. The number of imidazole rings is 1. The van der Waals surface area contributed by atoms with Gasteiger partial charge in [-0.3, -0.25) is 9.48 Å². The Morgan fingerprint density at radius 3 is 2.82 bits per heavy atom. The van der Waals surface area contributed by atoms with Gasteiger partial charge in [-0.2, -0.15) is 10.1 Å². The van der Waals surface area contributed by atoms with Crippen LogP contribution in [-0.4, -0.2) is 60.6 Å². The van der Waals surface area contributed by atoms with Crippen molar-refractivity contribution < 1.29 is 14.3 Å². The molecule has 176 valence electrons. The van der Waals surface area contributed by atoms with E-state index in [2.05, 4.69) is 27.3 Å². The van der Waals surface area contributed by atoms with Gasteiger partial charge in [0.1, 0.15) is 18.3 Å². The molecule has 0 radical (unpaired) electrons. The summed E-state index contributed by atoms with van der Waals surface area (Å²) in [6, 6.07) is 0.129. The van der Waals surface area contributed by atoms with Gasteiger partial charge in [0.05, 0.1) is 11.8 Å². The van der Waals surface area contributed by atoms with E-state index in [1.807, 2.05) is 29.4 Å². The van der Waals surface area contributed by atoms with Gasteiger partial charge in [0.15, 0.2) is 11.2 Å². The number of aromatic nitrogens is 6. The summed E-state index contributed by atoms with van der Waals surface area (Å²) in [6.45, 7) is 6.25. The van der Waals surface area contributed by atoms with Crippen LogP contribution in [0, 0.1) is 12.8 Å². The average Bonchev–Trinajstić information content (AvgIpc) is 3.52. The number of carbonyl (C=O) groups is 1. The van der Waals surface area contributed by atoms with Crippen molar-refractivity contribution in [2.45, 2.75) is 64.6 Å². The maximum absolute atomic E-state index is 12.6. The number of rotatable bonds is 6. The lowest BCUT2D eigenvalue weighted by Gasteiger charge is -2.23. The molecule has 1 saturated carbocycles. The zero-order valence-electron chi connectivity index (χ0n) is 19.5. The summed E-state index contributed by atoms with van der Waals surface area (Å²) in [4.78, 5) is 26.2. The van der Waals surface area contributed by atoms with Gasteiger partial charge >= 0.3 is 0 Å².